The molecule has 2 rings (SSSR count). The van der Waals surface area contributed by atoms with E-state index in [1.165, 1.54) is 6.42 Å². The van der Waals surface area contributed by atoms with Gasteiger partial charge in [-0.05, 0) is 30.7 Å². The van der Waals surface area contributed by atoms with E-state index >= 15 is 0 Å². The number of rotatable bonds is 3. The van der Waals surface area contributed by atoms with Gasteiger partial charge in [-0.15, -0.1) is 0 Å². The molecule has 0 aliphatic heterocycles. The average molecular weight is 282 g/mol. The predicted molar refractivity (Wildman–Crippen MR) is 77.6 cm³/mol. The summed E-state index contributed by atoms with van der Waals surface area (Å²) in [5.41, 5.74) is 0.510. The van der Waals surface area contributed by atoms with Crippen molar-refractivity contribution < 1.29 is 4.79 Å². The van der Waals surface area contributed by atoms with E-state index in [4.69, 9.17) is 11.6 Å². The first-order valence-corrected chi connectivity index (χ1v) is 7.05. The number of carbonyl (C=O) groups is 1. The van der Waals surface area contributed by atoms with E-state index in [1.807, 2.05) is 0 Å². The van der Waals surface area contributed by atoms with Crippen LogP contribution in [0.2, 0.25) is 5.02 Å². The molecule has 1 aliphatic carbocycles. The van der Waals surface area contributed by atoms with Crippen LogP contribution in [0.4, 0.5) is 5.82 Å². The van der Waals surface area contributed by atoms with Crippen molar-refractivity contribution in [1.29, 1.82) is 0 Å². The average Bonchev–Trinajstić information content (AvgIpc) is 2.70. The Morgan fingerprint density at radius 2 is 2.16 bits per heavy atom. The normalized spacial score (nSPS) is 26.2. The highest BCUT2D eigenvalue weighted by Crippen LogP contribution is 2.31. The van der Waals surface area contributed by atoms with E-state index in [2.05, 4.69) is 29.5 Å². The van der Waals surface area contributed by atoms with Crippen LogP contribution in [0.25, 0.3) is 0 Å². The van der Waals surface area contributed by atoms with Gasteiger partial charge in [0, 0.05) is 19.3 Å². The Morgan fingerprint density at radius 3 is 2.68 bits per heavy atom. The van der Waals surface area contributed by atoms with Crippen molar-refractivity contribution >= 4 is 23.3 Å². The van der Waals surface area contributed by atoms with E-state index in [9.17, 15) is 4.79 Å². The summed E-state index contributed by atoms with van der Waals surface area (Å²) in [6, 6.07) is 1.91. The van der Waals surface area contributed by atoms with Crippen LogP contribution in [0, 0.1) is 11.8 Å². The van der Waals surface area contributed by atoms with Gasteiger partial charge in [-0.1, -0.05) is 25.4 Å². The molecular weight excluding hydrogens is 262 g/mol. The summed E-state index contributed by atoms with van der Waals surface area (Å²) >= 11 is 6.04. The molecule has 5 heteroatoms. The van der Waals surface area contributed by atoms with E-state index in [-0.39, 0.29) is 11.9 Å². The third kappa shape index (κ3) is 3.00. The van der Waals surface area contributed by atoms with Crippen LogP contribution in [0.1, 0.15) is 37.0 Å². The second kappa shape index (κ2) is 5.78. The molecule has 1 saturated carbocycles. The number of halogens is 1. The van der Waals surface area contributed by atoms with Crippen molar-refractivity contribution in [1.82, 2.24) is 10.3 Å². The summed E-state index contributed by atoms with van der Waals surface area (Å²) in [5, 5.41) is 6.42. The molecular formula is C14H20ClN3O. The fraction of sp³-hybridized carbons (Fsp3) is 0.571. The summed E-state index contributed by atoms with van der Waals surface area (Å²) in [7, 11) is 1.75. The van der Waals surface area contributed by atoms with Crippen LogP contribution in [-0.2, 0) is 0 Å². The van der Waals surface area contributed by atoms with Gasteiger partial charge in [0.05, 0.1) is 10.6 Å². The Kier molecular flexibility index (Phi) is 4.30. The van der Waals surface area contributed by atoms with Gasteiger partial charge in [0.15, 0.2) is 0 Å². The van der Waals surface area contributed by atoms with Crippen molar-refractivity contribution in [3.8, 4) is 0 Å². The fourth-order valence-corrected chi connectivity index (χ4v) is 2.83. The maximum Gasteiger partial charge on any atom is 0.253 e. The van der Waals surface area contributed by atoms with E-state index in [1.54, 1.807) is 19.3 Å². The number of hydrogen-bond acceptors (Lipinski definition) is 3. The third-order valence-corrected chi connectivity index (χ3v) is 4.41. The zero-order valence-corrected chi connectivity index (χ0v) is 12.3. The quantitative estimate of drug-likeness (QED) is 0.896. The van der Waals surface area contributed by atoms with Crippen LogP contribution >= 0.6 is 11.6 Å². The summed E-state index contributed by atoms with van der Waals surface area (Å²) in [6.45, 7) is 4.43. The van der Waals surface area contributed by atoms with Crippen LogP contribution in [0.15, 0.2) is 12.3 Å². The van der Waals surface area contributed by atoms with Crippen molar-refractivity contribution in [3.05, 3.63) is 22.8 Å². The lowest BCUT2D eigenvalue weighted by molar-refractivity contribution is 0.0927. The molecule has 3 unspecified atom stereocenters. The maximum atomic E-state index is 12.2. The molecule has 1 fully saturated rings. The number of nitrogens with one attached hydrogen (secondary N) is 2. The number of pyridine rings is 1. The first-order chi connectivity index (χ1) is 9.02. The first-order valence-electron chi connectivity index (χ1n) is 6.67. The third-order valence-electron chi connectivity index (χ3n) is 4.12. The largest absolute Gasteiger partial charge is 0.372 e. The summed E-state index contributed by atoms with van der Waals surface area (Å²) in [5.74, 6) is 1.67. The van der Waals surface area contributed by atoms with E-state index in [0.717, 1.165) is 6.42 Å². The maximum absolute atomic E-state index is 12.2. The Labute approximate surface area is 118 Å². The van der Waals surface area contributed by atoms with Gasteiger partial charge in [0.1, 0.15) is 5.82 Å². The molecule has 1 amide bonds. The predicted octanol–water partition coefficient (Wildman–Crippen LogP) is 2.94. The van der Waals surface area contributed by atoms with Gasteiger partial charge in [-0.3, -0.25) is 4.79 Å². The second-order valence-electron chi connectivity index (χ2n) is 5.30. The number of hydrogen-bond donors (Lipinski definition) is 2. The minimum atomic E-state index is -0.0944. The highest BCUT2D eigenvalue weighted by atomic mass is 35.5. The van der Waals surface area contributed by atoms with Crippen molar-refractivity contribution in [2.75, 3.05) is 12.4 Å². The molecule has 0 bridgehead atoms. The van der Waals surface area contributed by atoms with Gasteiger partial charge in [0.2, 0.25) is 0 Å². The Morgan fingerprint density at radius 1 is 1.42 bits per heavy atom. The fourth-order valence-electron chi connectivity index (χ4n) is 2.57. The number of anilines is 1. The van der Waals surface area contributed by atoms with Crippen LogP contribution in [0.3, 0.4) is 0 Å². The van der Waals surface area contributed by atoms with E-state index < -0.39 is 0 Å². The second-order valence-corrected chi connectivity index (χ2v) is 5.71. The van der Waals surface area contributed by atoms with Crippen molar-refractivity contribution in [2.45, 2.75) is 32.7 Å². The van der Waals surface area contributed by atoms with Crippen molar-refractivity contribution in [2.24, 2.45) is 11.8 Å². The molecule has 4 nitrogen and oxygen atoms in total. The molecule has 0 aromatic carbocycles. The monoisotopic (exact) mass is 281 g/mol. The molecule has 1 aliphatic rings. The Bertz CT molecular complexity index is 478. The van der Waals surface area contributed by atoms with Gasteiger partial charge in [-0.25, -0.2) is 4.98 Å². The van der Waals surface area contributed by atoms with Crippen LogP contribution in [0.5, 0.6) is 0 Å². The topological polar surface area (TPSA) is 54.0 Å². The molecule has 2 N–H and O–H groups in total. The smallest absolute Gasteiger partial charge is 0.253 e. The summed E-state index contributed by atoms with van der Waals surface area (Å²) in [6.07, 6.45) is 3.77. The molecule has 3 atom stereocenters. The number of carbonyl (C=O) groups excluding carboxylic acids is 1. The number of aromatic nitrogens is 1. The van der Waals surface area contributed by atoms with Gasteiger partial charge < -0.3 is 10.6 Å². The Hall–Kier alpha value is -1.29. The molecule has 1 heterocycles. The molecule has 0 radical (unpaired) electrons. The van der Waals surface area contributed by atoms with Gasteiger partial charge in [0.25, 0.3) is 5.91 Å². The van der Waals surface area contributed by atoms with E-state index in [0.29, 0.717) is 28.2 Å². The highest BCUT2D eigenvalue weighted by molar-refractivity contribution is 6.33. The van der Waals surface area contributed by atoms with Gasteiger partial charge >= 0.3 is 0 Å². The number of nitrogens with zero attached hydrogens (tertiary/aromatic N) is 1. The molecule has 1 aromatic rings. The SMILES string of the molecule is CNc1ncc(C(=O)NC2CCC(C)C2C)cc1Cl. The lowest BCUT2D eigenvalue weighted by atomic mass is 9.97. The van der Waals surface area contributed by atoms with Crippen molar-refractivity contribution in [3.63, 3.8) is 0 Å². The first kappa shape index (κ1) is 14.1. The standard InChI is InChI=1S/C14H20ClN3O/c1-8-4-5-12(9(8)2)18-14(19)10-6-11(15)13(16-3)17-7-10/h6-9,12H,4-5H2,1-3H3,(H,16,17)(H,18,19). The van der Waals surface area contributed by atoms with Gasteiger partial charge in [-0.2, -0.15) is 0 Å². The minimum Gasteiger partial charge on any atom is -0.372 e. The number of amides is 1. The summed E-state index contributed by atoms with van der Waals surface area (Å²) in [4.78, 5) is 16.3. The molecule has 0 saturated heterocycles. The van der Waals surface area contributed by atoms with Crippen LogP contribution < -0.4 is 10.6 Å². The molecule has 19 heavy (non-hydrogen) atoms. The Balaban J connectivity index is 2.06. The lowest BCUT2D eigenvalue weighted by Crippen LogP contribution is -2.37. The molecule has 1 aromatic heterocycles. The minimum absolute atomic E-state index is 0.0944. The zero-order chi connectivity index (χ0) is 14.0. The molecule has 104 valence electrons. The van der Waals surface area contributed by atoms with Crippen LogP contribution in [-0.4, -0.2) is 24.0 Å². The lowest BCUT2D eigenvalue weighted by Gasteiger charge is -2.19. The zero-order valence-electron chi connectivity index (χ0n) is 11.5. The molecule has 0 spiro atoms. The highest BCUT2D eigenvalue weighted by Gasteiger charge is 2.30. The summed E-state index contributed by atoms with van der Waals surface area (Å²) < 4.78 is 0.